The van der Waals surface area contributed by atoms with E-state index in [9.17, 15) is 9.59 Å². The van der Waals surface area contributed by atoms with E-state index in [2.05, 4.69) is 12.1 Å². The van der Waals surface area contributed by atoms with E-state index in [1.54, 1.807) is 0 Å². The largest absolute Gasteiger partial charge is 0.468 e. The normalized spacial score (nSPS) is 25.5. The van der Waals surface area contributed by atoms with E-state index in [1.165, 1.54) is 12.7 Å². The second-order valence-corrected chi connectivity index (χ2v) is 5.26. The Bertz CT molecular complexity index is 458. The van der Waals surface area contributed by atoms with E-state index in [-0.39, 0.29) is 11.8 Å². The van der Waals surface area contributed by atoms with Crippen LogP contribution >= 0.6 is 0 Å². The van der Waals surface area contributed by atoms with Gasteiger partial charge in [0.15, 0.2) is 0 Å². The van der Waals surface area contributed by atoms with E-state index < -0.39 is 5.41 Å². The van der Waals surface area contributed by atoms with Crippen LogP contribution in [0, 0.1) is 5.41 Å². The Kier molecular flexibility index (Phi) is 4.03. The standard InChI is InChI=1S/C16H20O3/c1-3-7-14(17)16(15(18)19-2)10-13(11-16)12-8-5-4-6-9-12/h4-6,8-9,13H,3,7,10-11H2,1-2H3. The van der Waals surface area contributed by atoms with Gasteiger partial charge in [0, 0.05) is 6.42 Å². The zero-order valence-electron chi connectivity index (χ0n) is 11.5. The highest BCUT2D eigenvalue weighted by molar-refractivity contribution is 6.05. The molecule has 1 aromatic carbocycles. The number of carbonyl (C=O) groups excluding carboxylic acids is 2. The number of ether oxygens (including phenoxy) is 1. The van der Waals surface area contributed by atoms with Crippen molar-refractivity contribution >= 4 is 11.8 Å². The molecule has 0 aliphatic heterocycles. The van der Waals surface area contributed by atoms with E-state index in [4.69, 9.17) is 4.74 Å². The van der Waals surface area contributed by atoms with Crippen LogP contribution < -0.4 is 0 Å². The predicted octanol–water partition coefficient (Wildman–Crippen LogP) is 3.09. The Hall–Kier alpha value is -1.64. The molecule has 102 valence electrons. The fraction of sp³-hybridized carbons (Fsp3) is 0.500. The van der Waals surface area contributed by atoms with Crippen molar-refractivity contribution in [3.63, 3.8) is 0 Å². The molecule has 1 fully saturated rings. The van der Waals surface area contributed by atoms with Crippen molar-refractivity contribution in [1.82, 2.24) is 0 Å². The lowest BCUT2D eigenvalue weighted by atomic mass is 9.57. The van der Waals surface area contributed by atoms with Gasteiger partial charge in [-0.1, -0.05) is 37.3 Å². The SMILES string of the molecule is CCCC(=O)C1(C(=O)OC)CC(c2ccccc2)C1. The molecule has 0 aromatic heterocycles. The van der Waals surface area contributed by atoms with Crippen LogP contribution in [-0.2, 0) is 14.3 Å². The topological polar surface area (TPSA) is 43.4 Å². The van der Waals surface area contributed by atoms with Gasteiger partial charge in [-0.3, -0.25) is 9.59 Å². The number of benzene rings is 1. The molecule has 1 aromatic rings. The Morgan fingerprint density at radius 1 is 1.26 bits per heavy atom. The Morgan fingerprint density at radius 3 is 2.42 bits per heavy atom. The fourth-order valence-corrected chi connectivity index (χ4v) is 2.91. The summed E-state index contributed by atoms with van der Waals surface area (Å²) < 4.78 is 4.85. The maximum atomic E-state index is 12.2. The number of methoxy groups -OCH3 is 1. The molecule has 0 bridgehead atoms. The lowest BCUT2D eigenvalue weighted by Crippen LogP contribution is -2.49. The summed E-state index contributed by atoms with van der Waals surface area (Å²) in [6, 6.07) is 10.0. The molecule has 2 rings (SSSR count). The Balaban J connectivity index is 2.13. The van der Waals surface area contributed by atoms with Crippen LogP contribution in [0.3, 0.4) is 0 Å². The molecule has 0 unspecified atom stereocenters. The molecule has 3 heteroatoms. The van der Waals surface area contributed by atoms with Crippen molar-refractivity contribution in [1.29, 1.82) is 0 Å². The van der Waals surface area contributed by atoms with Gasteiger partial charge in [-0.2, -0.15) is 0 Å². The average molecular weight is 260 g/mol. The van der Waals surface area contributed by atoms with Gasteiger partial charge in [-0.15, -0.1) is 0 Å². The molecule has 1 aliphatic carbocycles. The van der Waals surface area contributed by atoms with Crippen molar-refractivity contribution in [2.75, 3.05) is 7.11 Å². The minimum absolute atomic E-state index is 0.0361. The molecule has 3 nitrogen and oxygen atoms in total. The van der Waals surface area contributed by atoms with Crippen LogP contribution in [0.4, 0.5) is 0 Å². The zero-order valence-corrected chi connectivity index (χ0v) is 11.5. The summed E-state index contributed by atoms with van der Waals surface area (Å²) in [5, 5.41) is 0. The van der Waals surface area contributed by atoms with Gasteiger partial charge < -0.3 is 4.74 Å². The molecular weight excluding hydrogens is 240 g/mol. The molecule has 19 heavy (non-hydrogen) atoms. The summed E-state index contributed by atoms with van der Waals surface area (Å²) in [4.78, 5) is 24.2. The summed E-state index contributed by atoms with van der Waals surface area (Å²) in [6.45, 7) is 1.95. The van der Waals surface area contributed by atoms with Gasteiger partial charge >= 0.3 is 5.97 Å². The zero-order chi connectivity index (χ0) is 13.9. The third kappa shape index (κ3) is 2.42. The lowest BCUT2D eigenvalue weighted by molar-refractivity contribution is -0.165. The Labute approximate surface area is 114 Å². The number of carbonyl (C=O) groups is 2. The first-order valence-corrected chi connectivity index (χ1v) is 6.80. The van der Waals surface area contributed by atoms with E-state index >= 15 is 0 Å². The van der Waals surface area contributed by atoms with Crippen LogP contribution in [0.25, 0.3) is 0 Å². The van der Waals surface area contributed by atoms with Crippen molar-refractivity contribution in [3.8, 4) is 0 Å². The molecule has 0 N–H and O–H groups in total. The van der Waals surface area contributed by atoms with Crippen molar-refractivity contribution < 1.29 is 14.3 Å². The van der Waals surface area contributed by atoms with Gasteiger partial charge in [0.1, 0.15) is 11.2 Å². The molecule has 0 saturated heterocycles. The second kappa shape index (κ2) is 5.55. The summed E-state index contributed by atoms with van der Waals surface area (Å²) >= 11 is 0. The minimum atomic E-state index is -0.884. The first kappa shape index (κ1) is 13.8. The Morgan fingerprint density at radius 2 is 1.89 bits per heavy atom. The first-order chi connectivity index (χ1) is 9.14. The monoisotopic (exact) mass is 260 g/mol. The van der Waals surface area contributed by atoms with E-state index in [1.807, 2.05) is 25.1 Å². The van der Waals surface area contributed by atoms with Crippen LogP contribution in [0.2, 0.25) is 0 Å². The van der Waals surface area contributed by atoms with Crippen LogP contribution in [0.1, 0.15) is 44.1 Å². The molecular formula is C16H20O3. The van der Waals surface area contributed by atoms with Gasteiger partial charge in [0.2, 0.25) is 0 Å². The second-order valence-electron chi connectivity index (χ2n) is 5.26. The summed E-state index contributed by atoms with van der Waals surface area (Å²) in [5.74, 6) is -0.0340. The quantitative estimate of drug-likeness (QED) is 0.603. The molecule has 1 aliphatic rings. The molecule has 0 atom stereocenters. The maximum absolute atomic E-state index is 12.2. The maximum Gasteiger partial charge on any atom is 0.319 e. The third-order valence-electron chi connectivity index (χ3n) is 4.05. The summed E-state index contributed by atoms with van der Waals surface area (Å²) in [5.41, 5.74) is 0.317. The van der Waals surface area contributed by atoms with Gasteiger partial charge in [0.25, 0.3) is 0 Å². The molecule has 0 heterocycles. The highest BCUT2D eigenvalue weighted by Gasteiger charge is 2.56. The molecule has 0 amide bonds. The number of hydrogen-bond acceptors (Lipinski definition) is 3. The minimum Gasteiger partial charge on any atom is -0.468 e. The predicted molar refractivity (Wildman–Crippen MR) is 72.8 cm³/mol. The number of hydrogen-bond donors (Lipinski definition) is 0. The summed E-state index contributed by atoms with van der Waals surface area (Å²) in [7, 11) is 1.36. The molecule has 1 saturated carbocycles. The number of ketones is 1. The van der Waals surface area contributed by atoms with Crippen LogP contribution in [0.15, 0.2) is 30.3 Å². The van der Waals surface area contributed by atoms with Gasteiger partial charge in [0.05, 0.1) is 7.11 Å². The van der Waals surface area contributed by atoms with E-state index in [0.29, 0.717) is 25.2 Å². The van der Waals surface area contributed by atoms with E-state index in [0.717, 1.165) is 6.42 Å². The lowest BCUT2D eigenvalue weighted by Gasteiger charge is -2.44. The van der Waals surface area contributed by atoms with Crippen LogP contribution in [0.5, 0.6) is 0 Å². The number of Topliss-reactive ketones (excluding diaryl/α,β-unsaturated/α-hetero) is 1. The van der Waals surface area contributed by atoms with Crippen molar-refractivity contribution in [2.24, 2.45) is 5.41 Å². The molecule has 0 radical (unpaired) electrons. The van der Waals surface area contributed by atoms with Crippen molar-refractivity contribution in [3.05, 3.63) is 35.9 Å². The highest BCUT2D eigenvalue weighted by Crippen LogP contribution is 2.53. The van der Waals surface area contributed by atoms with Crippen molar-refractivity contribution in [2.45, 2.75) is 38.5 Å². The number of rotatable bonds is 5. The first-order valence-electron chi connectivity index (χ1n) is 6.80. The molecule has 0 spiro atoms. The fourth-order valence-electron chi connectivity index (χ4n) is 2.91. The van der Waals surface area contributed by atoms with Gasteiger partial charge in [-0.25, -0.2) is 0 Å². The summed E-state index contributed by atoms with van der Waals surface area (Å²) in [6.07, 6.45) is 2.40. The highest BCUT2D eigenvalue weighted by atomic mass is 16.5. The van der Waals surface area contributed by atoms with Crippen LogP contribution in [-0.4, -0.2) is 18.9 Å². The smallest absolute Gasteiger partial charge is 0.319 e. The average Bonchev–Trinajstić information content (AvgIpc) is 2.39. The third-order valence-corrected chi connectivity index (χ3v) is 4.05. The number of esters is 1. The van der Waals surface area contributed by atoms with Gasteiger partial charge in [-0.05, 0) is 30.7 Å².